The highest BCUT2D eigenvalue weighted by Gasteiger charge is 2.09. The minimum atomic E-state index is 0.162. The SMILES string of the molecule is CC(=O)CCn1c(N)nc2cc(C)c(C)cc21. The van der Waals surface area contributed by atoms with Crippen molar-refractivity contribution in [2.75, 3.05) is 5.73 Å². The Labute approximate surface area is 100 Å². The molecule has 17 heavy (non-hydrogen) atoms. The Balaban J connectivity index is 2.50. The van der Waals surface area contributed by atoms with Gasteiger partial charge in [-0.15, -0.1) is 0 Å². The van der Waals surface area contributed by atoms with Crippen LogP contribution in [0, 0.1) is 13.8 Å². The first kappa shape index (κ1) is 11.6. The third kappa shape index (κ3) is 2.16. The van der Waals surface area contributed by atoms with Gasteiger partial charge in [0.2, 0.25) is 5.95 Å². The van der Waals surface area contributed by atoms with Gasteiger partial charge in [-0.2, -0.15) is 0 Å². The number of anilines is 1. The van der Waals surface area contributed by atoms with E-state index in [9.17, 15) is 4.79 Å². The van der Waals surface area contributed by atoms with E-state index in [2.05, 4.69) is 24.9 Å². The highest BCUT2D eigenvalue weighted by Crippen LogP contribution is 2.22. The number of aryl methyl sites for hydroxylation is 3. The second-order valence-corrected chi connectivity index (χ2v) is 4.50. The highest BCUT2D eigenvalue weighted by molar-refractivity contribution is 5.81. The lowest BCUT2D eigenvalue weighted by molar-refractivity contribution is -0.117. The van der Waals surface area contributed by atoms with Gasteiger partial charge >= 0.3 is 0 Å². The predicted molar refractivity (Wildman–Crippen MR) is 68.9 cm³/mol. The van der Waals surface area contributed by atoms with Crippen LogP contribution >= 0.6 is 0 Å². The standard InChI is InChI=1S/C13H17N3O/c1-8-6-11-12(7-9(8)2)16(13(14)15-11)5-4-10(3)17/h6-7H,4-5H2,1-3H3,(H2,14,15). The van der Waals surface area contributed by atoms with Crippen molar-refractivity contribution in [3.05, 3.63) is 23.3 Å². The van der Waals surface area contributed by atoms with E-state index in [1.807, 2.05) is 10.6 Å². The maximum absolute atomic E-state index is 11.0. The van der Waals surface area contributed by atoms with Gasteiger partial charge < -0.3 is 10.3 Å². The molecule has 4 heteroatoms. The Bertz CT molecular complexity index is 584. The molecular formula is C13H17N3O. The number of hydrogen-bond donors (Lipinski definition) is 1. The van der Waals surface area contributed by atoms with E-state index >= 15 is 0 Å². The summed E-state index contributed by atoms with van der Waals surface area (Å²) in [6.45, 7) is 6.30. The molecule has 2 aromatic rings. The van der Waals surface area contributed by atoms with Gasteiger partial charge in [0.1, 0.15) is 5.78 Å². The minimum Gasteiger partial charge on any atom is -0.369 e. The topological polar surface area (TPSA) is 60.9 Å². The molecule has 1 aromatic carbocycles. The third-order valence-corrected chi connectivity index (χ3v) is 3.08. The predicted octanol–water partition coefficient (Wildman–Crippen LogP) is 2.21. The van der Waals surface area contributed by atoms with Gasteiger partial charge in [-0.1, -0.05) is 0 Å². The molecule has 0 atom stereocenters. The van der Waals surface area contributed by atoms with Gasteiger partial charge in [-0.05, 0) is 44.0 Å². The molecule has 0 aliphatic carbocycles. The van der Waals surface area contributed by atoms with Gasteiger partial charge in [0.15, 0.2) is 0 Å². The van der Waals surface area contributed by atoms with Crippen molar-refractivity contribution in [3.63, 3.8) is 0 Å². The van der Waals surface area contributed by atoms with Crippen LogP contribution in [0.25, 0.3) is 11.0 Å². The molecule has 1 heterocycles. The number of benzene rings is 1. The van der Waals surface area contributed by atoms with Crippen LogP contribution in [0.3, 0.4) is 0 Å². The highest BCUT2D eigenvalue weighted by atomic mass is 16.1. The number of hydrogen-bond acceptors (Lipinski definition) is 3. The summed E-state index contributed by atoms with van der Waals surface area (Å²) >= 11 is 0. The van der Waals surface area contributed by atoms with E-state index in [4.69, 9.17) is 5.73 Å². The average molecular weight is 231 g/mol. The molecule has 0 fully saturated rings. The van der Waals surface area contributed by atoms with Gasteiger partial charge in [0.05, 0.1) is 11.0 Å². The van der Waals surface area contributed by atoms with E-state index in [0.29, 0.717) is 18.9 Å². The summed E-state index contributed by atoms with van der Waals surface area (Å²) in [5.74, 6) is 0.640. The Hall–Kier alpha value is -1.84. The van der Waals surface area contributed by atoms with Gasteiger partial charge in [0.25, 0.3) is 0 Å². The van der Waals surface area contributed by atoms with Crippen molar-refractivity contribution in [1.29, 1.82) is 0 Å². The molecule has 0 unspecified atom stereocenters. The largest absolute Gasteiger partial charge is 0.369 e. The second-order valence-electron chi connectivity index (χ2n) is 4.50. The number of carbonyl (C=O) groups excluding carboxylic acids is 1. The number of aromatic nitrogens is 2. The summed E-state index contributed by atoms with van der Waals surface area (Å²) in [7, 11) is 0. The summed E-state index contributed by atoms with van der Waals surface area (Å²) in [6, 6.07) is 4.11. The number of rotatable bonds is 3. The molecule has 0 spiro atoms. The molecule has 90 valence electrons. The third-order valence-electron chi connectivity index (χ3n) is 3.08. The van der Waals surface area contributed by atoms with Crippen molar-refractivity contribution in [1.82, 2.24) is 9.55 Å². The van der Waals surface area contributed by atoms with Gasteiger partial charge in [-0.3, -0.25) is 4.79 Å². The Morgan fingerprint density at radius 3 is 2.65 bits per heavy atom. The number of ketones is 1. The molecule has 1 aromatic heterocycles. The summed E-state index contributed by atoms with van der Waals surface area (Å²) in [4.78, 5) is 15.4. The van der Waals surface area contributed by atoms with Crippen molar-refractivity contribution in [2.45, 2.75) is 33.7 Å². The lowest BCUT2D eigenvalue weighted by Crippen LogP contribution is -2.06. The van der Waals surface area contributed by atoms with Crippen LogP contribution in [0.2, 0.25) is 0 Å². The van der Waals surface area contributed by atoms with E-state index in [0.717, 1.165) is 11.0 Å². The zero-order chi connectivity index (χ0) is 12.6. The molecule has 0 bridgehead atoms. The fourth-order valence-electron chi connectivity index (χ4n) is 1.90. The van der Waals surface area contributed by atoms with Crippen molar-refractivity contribution < 1.29 is 4.79 Å². The van der Waals surface area contributed by atoms with E-state index in [1.54, 1.807) is 6.92 Å². The molecule has 2 N–H and O–H groups in total. The van der Waals surface area contributed by atoms with Crippen LogP contribution in [0.15, 0.2) is 12.1 Å². The van der Waals surface area contributed by atoms with Crippen molar-refractivity contribution >= 4 is 22.8 Å². The molecule has 0 amide bonds. The summed E-state index contributed by atoms with van der Waals surface area (Å²) < 4.78 is 1.91. The fraction of sp³-hybridized carbons (Fsp3) is 0.385. The number of fused-ring (bicyclic) bond motifs is 1. The smallest absolute Gasteiger partial charge is 0.201 e. The molecule has 0 aliphatic rings. The summed E-state index contributed by atoms with van der Waals surface area (Å²) in [6.07, 6.45) is 0.489. The maximum Gasteiger partial charge on any atom is 0.201 e. The molecule has 0 saturated heterocycles. The zero-order valence-electron chi connectivity index (χ0n) is 10.4. The lowest BCUT2D eigenvalue weighted by atomic mass is 10.1. The van der Waals surface area contributed by atoms with Crippen LogP contribution < -0.4 is 5.73 Å². The average Bonchev–Trinajstić information content (AvgIpc) is 2.52. The number of imidazole rings is 1. The monoisotopic (exact) mass is 231 g/mol. The van der Waals surface area contributed by atoms with E-state index < -0.39 is 0 Å². The van der Waals surface area contributed by atoms with Crippen LogP contribution in [0.5, 0.6) is 0 Å². The Morgan fingerprint density at radius 2 is 2.00 bits per heavy atom. The quantitative estimate of drug-likeness (QED) is 0.881. The molecule has 0 saturated carbocycles. The van der Waals surface area contributed by atoms with Crippen molar-refractivity contribution in [2.24, 2.45) is 0 Å². The van der Waals surface area contributed by atoms with Crippen LogP contribution in [-0.4, -0.2) is 15.3 Å². The maximum atomic E-state index is 11.0. The number of carbonyl (C=O) groups is 1. The van der Waals surface area contributed by atoms with Gasteiger partial charge in [-0.25, -0.2) is 4.98 Å². The number of Topliss-reactive ketones (excluding diaryl/α,β-unsaturated/α-hetero) is 1. The van der Waals surface area contributed by atoms with Crippen LogP contribution in [0.4, 0.5) is 5.95 Å². The first-order valence-electron chi connectivity index (χ1n) is 5.71. The normalized spacial score (nSPS) is 11.0. The number of nitrogen functional groups attached to an aromatic ring is 1. The molecule has 2 rings (SSSR count). The lowest BCUT2D eigenvalue weighted by Gasteiger charge is -2.06. The van der Waals surface area contributed by atoms with Crippen LogP contribution in [-0.2, 0) is 11.3 Å². The molecule has 0 radical (unpaired) electrons. The minimum absolute atomic E-state index is 0.162. The molecular weight excluding hydrogens is 214 g/mol. The van der Waals surface area contributed by atoms with E-state index in [1.165, 1.54) is 11.1 Å². The first-order valence-corrected chi connectivity index (χ1v) is 5.71. The summed E-state index contributed by atoms with van der Waals surface area (Å²) in [5, 5.41) is 0. The first-order chi connectivity index (χ1) is 7.99. The van der Waals surface area contributed by atoms with Gasteiger partial charge in [0, 0.05) is 13.0 Å². The molecule has 4 nitrogen and oxygen atoms in total. The number of nitrogens with zero attached hydrogens (tertiary/aromatic N) is 2. The van der Waals surface area contributed by atoms with E-state index in [-0.39, 0.29) is 5.78 Å². The Morgan fingerprint density at radius 1 is 1.35 bits per heavy atom. The summed E-state index contributed by atoms with van der Waals surface area (Å²) in [5.41, 5.74) is 10.2. The van der Waals surface area contributed by atoms with Crippen molar-refractivity contribution in [3.8, 4) is 0 Å². The zero-order valence-corrected chi connectivity index (χ0v) is 10.4. The van der Waals surface area contributed by atoms with Crippen LogP contribution in [0.1, 0.15) is 24.5 Å². The molecule has 0 aliphatic heterocycles. The Kier molecular flexibility index (Phi) is 2.88. The fourth-order valence-corrected chi connectivity index (χ4v) is 1.90. The second kappa shape index (κ2) is 4.20. The number of nitrogens with two attached hydrogens (primary N) is 1.